The number of benzene rings is 3. The van der Waals surface area contributed by atoms with Crippen molar-refractivity contribution in [1.29, 1.82) is 0 Å². The Morgan fingerprint density at radius 2 is 1.68 bits per heavy atom. The molecular formula is C25H26ClNO4. The Morgan fingerprint density at radius 1 is 0.935 bits per heavy atom. The van der Waals surface area contributed by atoms with Gasteiger partial charge in [0.05, 0.1) is 18.8 Å². The Bertz CT molecular complexity index is 1020. The first kappa shape index (κ1) is 22.5. The Morgan fingerprint density at radius 3 is 2.39 bits per heavy atom. The van der Waals surface area contributed by atoms with E-state index in [1.54, 1.807) is 25.3 Å². The van der Waals surface area contributed by atoms with Crippen LogP contribution in [-0.4, -0.2) is 19.1 Å². The van der Waals surface area contributed by atoms with E-state index >= 15 is 0 Å². The molecule has 0 aliphatic heterocycles. The second-order valence-corrected chi connectivity index (χ2v) is 7.69. The largest absolute Gasteiger partial charge is 0.493 e. The third-order valence-electron chi connectivity index (χ3n) is 4.47. The molecule has 0 bridgehead atoms. The lowest BCUT2D eigenvalue weighted by Gasteiger charge is -2.15. The van der Waals surface area contributed by atoms with Gasteiger partial charge in [-0.2, -0.15) is 0 Å². The number of ether oxygens (including phenoxy) is 3. The lowest BCUT2D eigenvalue weighted by atomic mass is 10.1. The van der Waals surface area contributed by atoms with Crippen molar-refractivity contribution < 1.29 is 19.0 Å². The number of carbonyl (C=O) groups is 1. The van der Waals surface area contributed by atoms with Crippen molar-refractivity contribution in [3.05, 3.63) is 88.4 Å². The van der Waals surface area contributed by atoms with E-state index < -0.39 is 0 Å². The van der Waals surface area contributed by atoms with E-state index in [4.69, 9.17) is 25.8 Å². The minimum atomic E-state index is -0.271. The zero-order chi connectivity index (χ0) is 22.2. The van der Waals surface area contributed by atoms with Gasteiger partial charge in [0.15, 0.2) is 11.5 Å². The molecule has 0 atom stereocenters. The molecule has 31 heavy (non-hydrogen) atoms. The summed E-state index contributed by atoms with van der Waals surface area (Å²) in [6.07, 6.45) is 0.0385. The van der Waals surface area contributed by atoms with Gasteiger partial charge in [0, 0.05) is 11.6 Å². The van der Waals surface area contributed by atoms with Crippen LogP contribution < -0.4 is 19.5 Å². The highest BCUT2D eigenvalue weighted by atomic mass is 35.5. The van der Waals surface area contributed by atoms with Crippen molar-refractivity contribution in [3.8, 4) is 17.2 Å². The third kappa shape index (κ3) is 6.40. The van der Waals surface area contributed by atoms with Crippen LogP contribution in [0.4, 0.5) is 0 Å². The summed E-state index contributed by atoms with van der Waals surface area (Å²) < 4.78 is 17.0. The molecule has 0 spiro atoms. The zero-order valence-electron chi connectivity index (χ0n) is 17.9. The van der Waals surface area contributed by atoms with E-state index in [1.807, 2.05) is 62.4 Å². The topological polar surface area (TPSA) is 56.8 Å². The summed E-state index contributed by atoms with van der Waals surface area (Å²) in [5, 5.41) is 3.39. The summed E-state index contributed by atoms with van der Waals surface area (Å²) in [4.78, 5) is 12.9. The van der Waals surface area contributed by atoms with Gasteiger partial charge in [0.1, 0.15) is 12.4 Å². The van der Waals surface area contributed by atoms with Crippen LogP contribution in [0, 0.1) is 0 Å². The van der Waals surface area contributed by atoms with Crippen LogP contribution in [0.15, 0.2) is 66.7 Å². The molecule has 1 N–H and O–H groups in total. The molecule has 0 heterocycles. The second-order valence-electron chi connectivity index (χ2n) is 7.25. The average molecular weight is 440 g/mol. The Labute approximate surface area is 187 Å². The van der Waals surface area contributed by atoms with Crippen molar-refractivity contribution in [3.63, 3.8) is 0 Å². The molecule has 0 saturated heterocycles. The molecule has 0 radical (unpaired) electrons. The predicted octanol–water partition coefficient (Wildman–Crippen LogP) is 5.64. The van der Waals surface area contributed by atoms with Gasteiger partial charge in [-0.25, -0.2) is 0 Å². The van der Waals surface area contributed by atoms with Gasteiger partial charge in [-0.3, -0.25) is 4.79 Å². The van der Waals surface area contributed by atoms with Crippen molar-refractivity contribution in [1.82, 2.24) is 5.32 Å². The number of hydrogen-bond donors (Lipinski definition) is 1. The summed E-state index contributed by atoms with van der Waals surface area (Å²) in [5.41, 5.74) is 2.28. The summed E-state index contributed by atoms with van der Waals surface area (Å²) in [6, 6.07) is 20.4. The predicted molar refractivity (Wildman–Crippen MR) is 122 cm³/mol. The molecule has 162 valence electrons. The Balaban J connectivity index is 1.69. The maximum Gasteiger partial charge on any atom is 0.255 e. The molecule has 0 unspecified atom stereocenters. The van der Waals surface area contributed by atoms with Gasteiger partial charge in [-0.05, 0) is 55.3 Å². The normalized spacial score (nSPS) is 10.6. The number of hydrogen-bond acceptors (Lipinski definition) is 4. The molecule has 0 aromatic heterocycles. The number of halogens is 1. The summed E-state index contributed by atoms with van der Waals surface area (Å²) in [6.45, 7) is 4.59. The number of amides is 1. The molecular weight excluding hydrogens is 414 g/mol. The van der Waals surface area contributed by atoms with Crippen LogP contribution in [0.2, 0.25) is 5.02 Å². The zero-order valence-corrected chi connectivity index (χ0v) is 18.6. The smallest absolute Gasteiger partial charge is 0.255 e. The fourth-order valence-corrected chi connectivity index (χ4v) is 3.16. The van der Waals surface area contributed by atoms with E-state index in [2.05, 4.69) is 5.32 Å². The number of methoxy groups -OCH3 is 1. The van der Waals surface area contributed by atoms with Crippen LogP contribution in [0.1, 0.15) is 35.3 Å². The van der Waals surface area contributed by atoms with Crippen molar-refractivity contribution >= 4 is 17.5 Å². The van der Waals surface area contributed by atoms with Crippen LogP contribution in [0.3, 0.4) is 0 Å². The molecule has 0 aliphatic carbocycles. The van der Waals surface area contributed by atoms with Crippen molar-refractivity contribution in [2.24, 2.45) is 0 Å². The molecule has 0 fully saturated rings. The van der Waals surface area contributed by atoms with Gasteiger partial charge >= 0.3 is 0 Å². The van der Waals surface area contributed by atoms with E-state index in [-0.39, 0.29) is 12.0 Å². The van der Waals surface area contributed by atoms with Crippen LogP contribution in [0.25, 0.3) is 0 Å². The standard InChI is InChI=1S/C25H26ClNO4/c1-17(2)31-23-11-9-19(13-24(23)29-3)15-27-25(28)21-14-20(26)10-12-22(21)30-16-18-7-5-4-6-8-18/h4-14,17H,15-16H2,1-3H3,(H,27,28). The van der Waals surface area contributed by atoms with Gasteiger partial charge < -0.3 is 19.5 Å². The summed E-state index contributed by atoms with van der Waals surface area (Å²) >= 11 is 6.13. The van der Waals surface area contributed by atoms with E-state index in [1.165, 1.54) is 0 Å². The SMILES string of the molecule is COc1cc(CNC(=O)c2cc(Cl)ccc2OCc2ccccc2)ccc1OC(C)C. The fourth-order valence-electron chi connectivity index (χ4n) is 2.99. The lowest BCUT2D eigenvalue weighted by Crippen LogP contribution is -2.23. The highest BCUT2D eigenvalue weighted by Crippen LogP contribution is 2.29. The minimum absolute atomic E-state index is 0.0385. The molecule has 5 nitrogen and oxygen atoms in total. The molecule has 3 aromatic rings. The Hall–Kier alpha value is -3.18. The molecule has 3 rings (SSSR count). The second kappa shape index (κ2) is 10.7. The first-order valence-electron chi connectivity index (χ1n) is 10.0. The van der Waals surface area contributed by atoms with E-state index in [0.29, 0.717) is 41.0 Å². The third-order valence-corrected chi connectivity index (χ3v) is 4.70. The summed E-state index contributed by atoms with van der Waals surface area (Å²) in [5.74, 6) is 1.49. The van der Waals surface area contributed by atoms with Crippen LogP contribution >= 0.6 is 11.6 Å². The van der Waals surface area contributed by atoms with Gasteiger partial charge in [-0.15, -0.1) is 0 Å². The first-order valence-corrected chi connectivity index (χ1v) is 10.4. The average Bonchev–Trinajstić information content (AvgIpc) is 2.77. The quantitative estimate of drug-likeness (QED) is 0.468. The highest BCUT2D eigenvalue weighted by molar-refractivity contribution is 6.31. The van der Waals surface area contributed by atoms with E-state index in [0.717, 1.165) is 11.1 Å². The molecule has 3 aromatic carbocycles. The highest BCUT2D eigenvalue weighted by Gasteiger charge is 2.15. The maximum atomic E-state index is 12.9. The van der Waals surface area contributed by atoms with E-state index in [9.17, 15) is 4.79 Å². The van der Waals surface area contributed by atoms with Crippen molar-refractivity contribution in [2.45, 2.75) is 33.1 Å². The number of rotatable bonds is 9. The van der Waals surface area contributed by atoms with Crippen molar-refractivity contribution in [2.75, 3.05) is 7.11 Å². The van der Waals surface area contributed by atoms with Crippen LogP contribution in [0.5, 0.6) is 17.2 Å². The minimum Gasteiger partial charge on any atom is -0.493 e. The molecule has 1 amide bonds. The summed E-state index contributed by atoms with van der Waals surface area (Å²) in [7, 11) is 1.59. The van der Waals surface area contributed by atoms with Gasteiger partial charge in [-0.1, -0.05) is 48.0 Å². The Kier molecular flexibility index (Phi) is 7.79. The number of carbonyl (C=O) groups excluding carboxylic acids is 1. The lowest BCUT2D eigenvalue weighted by molar-refractivity contribution is 0.0946. The van der Waals surface area contributed by atoms with Crippen LogP contribution in [-0.2, 0) is 13.2 Å². The van der Waals surface area contributed by atoms with Gasteiger partial charge in [0.2, 0.25) is 0 Å². The molecule has 0 aliphatic rings. The fraction of sp³-hybridized carbons (Fsp3) is 0.240. The maximum absolute atomic E-state index is 12.9. The monoisotopic (exact) mass is 439 g/mol. The van der Waals surface area contributed by atoms with Gasteiger partial charge in [0.25, 0.3) is 5.91 Å². The first-order chi connectivity index (χ1) is 15.0. The molecule has 6 heteroatoms. The molecule has 0 saturated carbocycles. The number of nitrogens with one attached hydrogen (secondary N) is 1.